The van der Waals surface area contributed by atoms with Gasteiger partial charge in [0.05, 0.1) is 0 Å². The molecule has 0 atom stereocenters. The van der Waals surface area contributed by atoms with Gasteiger partial charge in [0, 0.05) is 12.1 Å². The van der Waals surface area contributed by atoms with Gasteiger partial charge in [-0.1, -0.05) is 0 Å². The van der Waals surface area contributed by atoms with Gasteiger partial charge in [0.15, 0.2) is 12.4 Å². The number of halogens is 1. The molecule has 5 nitrogen and oxygen atoms in total. The highest BCUT2D eigenvalue weighted by Gasteiger charge is 1.85. The van der Waals surface area contributed by atoms with Crippen molar-refractivity contribution in [3.63, 3.8) is 0 Å². The number of hydrogen-bond acceptors (Lipinski definition) is 4. The highest BCUT2D eigenvalue weighted by Crippen LogP contribution is 1.87. The molecular weight excluding hydrogens is 198 g/mol. The maximum absolute atomic E-state index is 8.49. The summed E-state index contributed by atoms with van der Waals surface area (Å²) >= 11 is 0. The predicted octanol–water partition coefficient (Wildman–Crippen LogP) is -3.94. The molecule has 1 rings (SSSR count). The Bertz CT molecular complexity index is 217. The van der Waals surface area contributed by atoms with Gasteiger partial charge in [0.1, 0.15) is 7.05 Å². The molecule has 0 saturated heterocycles. The molecule has 74 valence electrons. The average Bonchev–Trinajstić information content (AvgIpc) is 1.92. The van der Waals surface area contributed by atoms with E-state index in [2.05, 4.69) is 19.1 Å². The van der Waals surface area contributed by atoms with Crippen LogP contribution < -0.4 is 23.2 Å². The monoisotopic (exact) mass is 207 g/mol. The normalized spacial score (nSPS) is 10.3. The summed E-state index contributed by atoms with van der Waals surface area (Å²) in [5, 5.41) is 0. The second-order valence-electron chi connectivity index (χ2n) is 2.42. The molecule has 0 unspecified atom stereocenters. The van der Waals surface area contributed by atoms with Crippen molar-refractivity contribution in [2.75, 3.05) is 0 Å². The van der Waals surface area contributed by atoms with Crippen molar-refractivity contribution >= 4 is 0 Å². The molecule has 6 heteroatoms. The lowest BCUT2D eigenvalue weighted by atomic mass is 10.3. The van der Waals surface area contributed by atoms with Crippen LogP contribution in [0.4, 0.5) is 0 Å². The van der Waals surface area contributed by atoms with Crippen molar-refractivity contribution < 1.29 is 33.4 Å². The Hall–Kier alpha value is -0.720. The van der Waals surface area contributed by atoms with Crippen LogP contribution in [0.5, 0.6) is 0 Å². The number of pyridine rings is 1. The lowest BCUT2D eigenvalue weighted by Gasteiger charge is -2.17. The van der Waals surface area contributed by atoms with Crippen LogP contribution >= 0.6 is 0 Å². The summed E-state index contributed by atoms with van der Waals surface area (Å²) < 4.78 is 36.0. The molecule has 1 heterocycles. The van der Waals surface area contributed by atoms with Crippen molar-refractivity contribution in [2.45, 2.75) is 6.92 Å². The summed E-state index contributed by atoms with van der Waals surface area (Å²) in [5.41, 5.74) is 1.31. The maximum Gasteiger partial charge on any atom is 0.168 e. The van der Waals surface area contributed by atoms with E-state index in [0.29, 0.717) is 0 Å². The Kier molecular flexibility index (Phi) is 4.82. The van der Waals surface area contributed by atoms with E-state index in [1.165, 1.54) is 5.56 Å². The Morgan fingerprint density at radius 1 is 1.08 bits per heavy atom. The molecule has 1 aromatic rings. The second-order valence-corrected chi connectivity index (χ2v) is 3.17. The van der Waals surface area contributed by atoms with Crippen LogP contribution in [0, 0.1) is 17.2 Å². The van der Waals surface area contributed by atoms with Crippen LogP contribution in [-0.2, 0) is 7.05 Å². The number of hydrogen-bond donors (Lipinski definition) is 0. The average molecular weight is 208 g/mol. The summed E-state index contributed by atoms with van der Waals surface area (Å²) in [4.78, 5) is 0. The zero-order valence-electron chi connectivity index (χ0n) is 7.27. The summed E-state index contributed by atoms with van der Waals surface area (Å²) in [6.45, 7) is 2.08. The molecule has 0 radical (unpaired) electrons. The van der Waals surface area contributed by atoms with Gasteiger partial charge in [-0.15, -0.1) is 10.2 Å². The zero-order chi connectivity index (χ0) is 10.5. The summed E-state index contributed by atoms with van der Waals surface area (Å²) in [6.07, 6.45) is 4.07. The van der Waals surface area contributed by atoms with Crippen LogP contribution in [0.15, 0.2) is 24.5 Å². The van der Waals surface area contributed by atoms with E-state index < -0.39 is 10.2 Å². The fourth-order valence-electron chi connectivity index (χ4n) is 0.576. The first-order valence-corrected chi connectivity index (χ1v) is 4.56. The lowest BCUT2D eigenvalue weighted by Crippen LogP contribution is -2.68. The molecular formula is C7H10ClNO4. The van der Waals surface area contributed by atoms with Gasteiger partial charge in [-0.05, 0) is 12.5 Å². The topological polar surface area (TPSA) is 96.1 Å². The number of aromatic nitrogens is 1. The first-order valence-electron chi connectivity index (χ1n) is 3.32. The Labute approximate surface area is 78.2 Å². The van der Waals surface area contributed by atoms with Crippen LogP contribution in [-0.4, -0.2) is 0 Å². The fraction of sp³-hybridized carbons (Fsp3) is 0.286. The van der Waals surface area contributed by atoms with E-state index in [-0.39, 0.29) is 0 Å². The van der Waals surface area contributed by atoms with Crippen LogP contribution in [0.2, 0.25) is 0 Å². The molecule has 0 fully saturated rings. The third-order valence-electron chi connectivity index (χ3n) is 1.15. The van der Waals surface area contributed by atoms with E-state index in [0.717, 1.165) is 0 Å². The molecule has 1 aromatic heterocycles. The smallest absolute Gasteiger partial charge is 0.168 e. The molecule has 0 amide bonds. The minimum atomic E-state index is -4.94. The Morgan fingerprint density at radius 2 is 1.38 bits per heavy atom. The van der Waals surface area contributed by atoms with E-state index in [9.17, 15) is 0 Å². The van der Waals surface area contributed by atoms with Gasteiger partial charge in [-0.25, -0.2) is 23.2 Å². The van der Waals surface area contributed by atoms with Crippen LogP contribution in [0.25, 0.3) is 0 Å². The zero-order valence-corrected chi connectivity index (χ0v) is 8.02. The quantitative estimate of drug-likeness (QED) is 0.406. The molecule has 0 N–H and O–H groups in total. The van der Waals surface area contributed by atoms with E-state index in [1.807, 2.05) is 24.0 Å². The summed E-state index contributed by atoms with van der Waals surface area (Å²) in [5.74, 6) is 0. The molecule has 0 saturated carbocycles. The predicted molar refractivity (Wildman–Crippen MR) is 32.4 cm³/mol. The second kappa shape index (κ2) is 5.11. The Morgan fingerprint density at radius 3 is 1.62 bits per heavy atom. The molecule has 0 aromatic carbocycles. The highest BCUT2D eigenvalue weighted by molar-refractivity contribution is 5.02. The number of rotatable bonds is 0. The van der Waals surface area contributed by atoms with Gasteiger partial charge in [-0.2, -0.15) is 0 Å². The van der Waals surface area contributed by atoms with Gasteiger partial charge in [0.2, 0.25) is 0 Å². The summed E-state index contributed by atoms with van der Waals surface area (Å²) in [6, 6.07) is 4.17. The lowest BCUT2D eigenvalue weighted by molar-refractivity contribution is -2.00. The van der Waals surface area contributed by atoms with Crippen molar-refractivity contribution in [3.8, 4) is 0 Å². The van der Waals surface area contributed by atoms with Crippen LogP contribution in [0.1, 0.15) is 5.56 Å². The number of aryl methyl sites for hydroxylation is 2. The SMILES string of the molecule is Cc1cc[n+](C)cc1.[O-][Cl+3]([O-])([O-])[O-]. The van der Waals surface area contributed by atoms with Crippen molar-refractivity contribution in [1.82, 2.24) is 0 Å². The first-order chi connectivity index (χ1) is 5.79. The number of nitrogens with zero attached hydrogens (tertiary/aromatic N) is 1. The van der Waals surface area contributed by atoms with E-state index >= 15 is 0 Å². The van der Waals surface area contributed by atoms with Gasteiger partial charge in [0.25, 0.3) is 0 Å². The molecule has 0 aliphatic heterocycles. The minimum Gasteiger partial charge on any atom is -0.222 e. The van der Waals surface area contributed by atoms with Crippen molar-refractivity contribution in [3.05, 3.63) is 30.1 Å². The van der Waals surface area contributed by atoms with Gasteiger partial charge < -0.3 is 0 Å². The highest BCUT2D eigenvalue weighted by atomic mass is 35.7. The third kappa shape index (κ3) is 11.3. The molecule has 0 spiro atoms. The molecule has 0 bridgehead atoms. The van der Waals surface area contributed by atoms with E-state index in [1.54, 1.807) is 0 Å². The first kappa shape index (κ1) is 12.3. The van der Waals surface area contributed by atoms with Crippen molar-refractivity contribution in [1.29, 1.82) is 0 Å². The maximum atomic E-state index is 8.49. The van der Waals surface area contributed by atoms with E-state index in [4.69, 9.17) is 18.6 Å². The third-order valence-corrected chi connectivity index (χ3v) is 1.15. The fourth-order valence-corrected chi connectivity index (χ4v) is 0.576. The van der Waals surface area contributed by atoms with Gasteiger partial charge in [-0.3, -0.25) is 0 Å². The molecule has 0 aliphatic carbocycles. The Balaban J connectivity index is 0.000000252. The largest absolute Gasteiger partial charge is 0.222 e. The van der Waals surface area contributed by atoms with Gasteiger partial charge >= 0.3 is 0 Å². The molecule has 0 aliphatic rings. The van der Waals surface area contributed by atoms with Crippen LogP contribution in [0.3, 0.4) is 0 Å². The summed E-state index contributed by atoms with van der Waals surface area (Å²) in [7, 11) is -2.93. The minimum absolute atomic E-state index is 1.31. The molecule has 13 heavy (non-hydrogen) atoms. The standard InChI is InChI=1S/C7H10N.ClHO4/c1-7-3-5-8(2)6-4-7;2-1(3,4)5/h3-6H,1-2H3;(H,2,3,4,5)/q+1;/p-1. The van der Waals surface area contributed by atoms with Crippen molar-refractivity contribution in [2.24, 2.45) is 7.05 Å².